The zero-order chi connectivity index (χ0) is 15.3. The predicted octanol–water partition coefficient (Wildman–Crippen LogP) is 3.44. The highest BCUT2D eigenvalue weighted by Gasteiger charge is 2.20. The van der Waals surface area contributed by atoms with Crippen LogP contribution in [0.4, 0.5) is 0 Å². The number of benzene rings is 2. The molecule has 3 N–H and O–H groups in total. The van der Waals surface area contributed by atoms with E-state index in [0.29, 0.717) is 13.0 Å². The van der Waals surface area contributed by atoms with Gasteiger partial charge in [0.25, 0.3) is 0 Å². The zero-order valence-electron chi connectivity index (χ0n) is 13.3. The first-order valence-corrected chi connectivity index (χ1v) is 7.60. The van der Waals surface area contributed by atoms with Crippen LogP contribution in [-0.4, -0.2) is 18.0 Å². The minimum atomic E-state index is -0.297. The van der Waals surface area contributed by atoms with E-state index in [1.54, 1.807) is 0 Å². The molecule has 1 amide bonds. The fourth-order valence-electron chi connectivity index (χ4n) is 2.46. The van der Waals surface area contributed by atoms with Crippen molar-refractivity contribution in [1.29, 1.82) is 0 Å². The van der Waals surface area contributed by atoms with Gasteiger partial charge in [-0.05, 0) is 29.2 Å². The molecule has 0 aromatic heterocycles. The Bertz CT molecular complexity index is 618. The fraction of sp³-hybridized carbons (Fsp3) is 0.389. The first kappa shape index (κ1) is 18.5. The third-order valence-corrected chi connectivity index (χ3v) is 4.28. The maximum absolute atomic E-state index is 12.2. The summed E-state index contributed by atoms with van der Waals surface area (Å²) in [5, 5.41) is 5.28. The number of fused-ring (bicyclic) bond motifs is 1. The molecule has 0 aliphatic heterocycles. The van der Waals surface area contributed by atoms with Gasteiger partial charge in [0.1, 0.15) is 0 Å². The number of amides is 1. The van der Waals surface area contributed by atoms with E-state index >= 15 is 0 Å². The second kappa shape index (κ2) is 8.16. The molecule has 0 saturated carbocycles. The first-order chi connectivity index (χ1) is 10.1. The lowest BCUT2D eigenvalue weighted by atomic mass is 9.94. The Morgan fingerprint density at radius 2 is 1.73 bits per heavy atom. The van der Waals surface area contributed by atoms with Crippen LogP contribution < -0.4 is 11.1 Å². The average Bonchev–Trinajstić information content (AvgIpc) is 2.53. The Hall–Kier alpha value is -1.58. The van der Waals surface area contributed by atoms with Crippen LogP contribution in [-0.2, 0) is 11.2 Å². The molecule has 4 heteroatoms. The van der Waals surface area contributed by atoms with Crippen LogP contribution in [0, 0.1) is 0 Å². The Morgan fingerprint density at radius 3 is 2.41 bits per heavy atom. The standard InChI is InChI=1S/C18H24N2O.ClH/c1-3-18(19,4-2)13-20-17(21)12-15-10-7-9-14-8-5-6-11-16(14)15;/h5-11H,3-4,12-13,19H2,1-2H3,(H,20,21);1H. The van der Waals surface area contributed by atoms with E-state index in [1.165, 1.54) is 0 Å². The largest absolute Gasteiger partial charge is 0.354 e. The number of nitrogens with two attached hydrogens (primary N) is 1. The third-order valence-electron chi connectivity index (χ3n) is 4.28. The minimum Gasteiger partial charge on any atom is -0.354 e. The normalized spacial score (nSPS) is 11.0. The lowest BCUT2D eigenvalue weighted by molar-refractivity contribution is -0.120. The summed E-state index contributed by atoms with van der Waals surface area (Å²) in [5.41, 5.74) is 6.97. The highest BCUT2D eigenvalue weighted by Crippen LogP contribution is 2.19. The van der Waals surface area contributed by atoms with Crippen molar-refractivity contribution < 1.29 is 4.79 Å². The molecule has 0 aliphatic carbocycles. The van der Waals surface area contributed by atoms with Gasteiger partial charge in [-0.1, -0.05) is 56.3 Å². The quantitative estimate of drug-likeness (QED) is 0.856. The van der Waals surface area contributed by atoms with Crippen LogP contribution in [0.3, 0.4) is 0 Å². The lowest BCUT2D eigenvalue weighted by Crippen LogP contribution is -2.49. The average molecular weight is 321 g/mol. The van der Waals surface area contributed by atoms with Crippen LogP contribution in [0.25, 0.3) is 10.8 Å². The predicted molar refractivity (Wildman–Crippen MR) is 95.4 cm³/mol. The molecule has 0 heterocycles. The van der Waals surface area contributed by atoms with E-state index in [-0.39, 0.29) is 23.9 Å². The maximum atomic E-state index is 12.2. The Labute approximate surface area is 138 Å². The molecule has 3 nitrogen and oxygen atoms in total. The van der Waals surface area contributed by atoms with Crippen molar-refractivity contribution in [3.05, 3.63) is 48.0 Å². The highest BCUT2D eigenvalue weighted by atomic mass is 35.5. The number of hydrogen-bond donors (Lipinski definition) is 2. The summed E-state index contributed by atoms with van der Waals surface area (Å²) in [7, 11) is 0. The monoisotopic (exact) mass is 320 g/mol. The minimum absolute atomic E-state index is 0. The van der Waals surface area contributed by atoms with Gasteiger partial charge < -0.3 is 11.1 Å². The summed E-state index contributed by atoms with van der Waals surface area (Å²) >= 11 is 0. The number of halogens is 1. The van der Waals surface area contributed by atoms with E-state index in [9.17, 15) is 4.79 Å². The number of hydrogen-bond acceptors (Lipinski definition) is 2. The fourth-order valence-corrected chi connectivity index (χ4v) is 2.46. The van der Waals surface area contributed by atoms with Crippen LogP contribution in [0.1, 0.15) is 32.3 Å². The molecular formula is C18H25ClN2O. The van der Waals surface area contributed by atoms with E-state index in [2.05, 4.69) is 37.4 Å². The van der Waals surface area contributed by atoms with Gasteiger partial charge in [-0.3, -0.25) is 4.79 Å². The molecule has 0 unspecified atom stereocenters. The highest BCUT2D eigenvalue weighted by molar-refractivity contribution is 5.90. The molecule has 2 aromatic rings. The number of carbonyl (C=O) groups excluding carboxylic acids is 1. The van der Waals surface area contributed by atoms with E-state index in [1.807, 2.05) is 24.3 Å². The SMILES string of the molecule is CCC(N)(CC)CNC(=O)Cc1cccc2ccccc12.Cl. The molecule has 2 rings (SSSR count). The van der Waals surface area contributed by atoms with E-state index in [0.717, 1.165) is 29.2 Å². The lowest BCUT2D eigenvalue weighted by Gasteiger charge is -2.26. The van der Waals surface area contributed by atoms with Crippen molar-refractivity contribution in [1.82, 2.24) is 5.32 Å². The first-order valence-electron chi connectivity index (χ1n) is 7.60. The van der Waals surface area contributed by atoms with Crippen molar-refractivity contribution >= 4 is 29.1 Å². The molecular weight excluding hydrogens is 296 g/mol. The van der Waals surface area contributed by atoms with Crippen molar-refractivity contribution in [2.24, 2.45) is 5.73 Å². The molecule has 22 heavy (non-hydrogen) atoms. The van der Waals surface area contributed by atoms with Gasteiger partial charge in [-0.25, -0.2) is 0 Å². The van der Waals surface area contributed by atoms with Crippen LogP contribution in [0.2, 0.25) is 0 Å². The van der Waals surface area contributed by atoms with E-state index in [4.69, 9.17) is 5.73 Å². The second-order valence-corrected chi connectivity index (χ2v) is 5.66. The van der Waals surface area contributed by atoms with Crippen molar-refractivity contribution in [3.63, 3.8) is 0 Å². The topological polar surface area (TPSA) is 55.1 Å². The van der Waals surface area contributed by atoms with Crippen molar-refractivity contribution in [2.45, 2.75) is 38.6 Å². The molecule has 0 saturated heterocycles. The van der Waals surface area contributed by atoms with Gasteiger partial charge in [-0.15, -0.1) is 12.4 Å². The molecule has 2 aromatic carbocycles. The Kier molecular flexibility index (Phi) is 6.85. The molecule has 120 valence electrons. The van der Waals surface area contributed by atoms with E-state index < -0.39 is 0 Å². The second-order valence-electron chi connectivity index (χ2n) is 5.66. The molecule has 0 radical (unpaired) electrons. The van der Waals surface area contributed by atoms with Gasteiger partial charge in [0, 0.05) is 12.1 Å². The van der Waals surface area contributed by atoms with Crippen LogP contribution in [0.15, 0.2) is 42.5 Å². The van der Waals surface area contributed by atoms with Crippen molar-refractivity contribution in [3.8, 4) is 0 Å². The summed E-state index contributed by atoms with van der Waals surface area (Å²) in [6.45, 7) is 4.64. The molecule has 0 atom stereocenters. The molecule has 0 fully saturated rings. The summed E-state index contributed by atoms with van der Waals surface area (Å²) in [4.78, 5) is 12.2. The number of carbonyl (C=O) groups is 1. The summed E-state index contributed by atoms with van der Waals surface area (Å²) < 4.78 is 0. The summed E-state index contributed by atoms with van der Waals surface area (Å²) in [6.07, 6.45) is 2.11. The Morgan fingerprint density at radius 1 is 1.09 bits per heavy atom. The van der Waals surface area contributed by atoms with Crippen molar-refractivity contribution in [2.75, 3.05) is 6.54 Å². The smallest absolute Gasteiger partial charge is 0.224 e. The van der Waals surface area contributed by atoms with Gasteiger partial charge in [0.15, 0.2) is 0 Å². The Balaban J connectivity index is 0.00000242. The molecule has 0 aliphatic rings. The number of nitrogens with one attached hydrogen (secondary N) is 1. The van der Waals surface area contributed by atoms with Gasteiger partial charge >= 0.3 is 0 Å². The zero-order valence-corrected chi connectivity index (χ0v) is 14.1. The number of rotatable bonds is 6. The van der Waals surface area contributed by atoms with Crippen LogP contribution >= 0.6 is 12.4 Å². The van der Waals surface area contributed by atoms with Gasteiger partial charge in [0.05, 0.1) is 6.42 Å². The maximum Gasteiger partial charge on any atom is 0.224 e. The molecule has 0 bridgehead atoms. The summed E-state index contributed by atoms with van der Waals surface area (Å²) in [6, 6.07) is 14.2. The van der Waals surface area contributed by atoms with Gasteiger partial charge in [0.2, 0.25) is 5.91 Å². The van der Waals surface area contributed by atoms with Gasteiger partial charge in [-0.2, -0.15) is 0 Å². The summed E-state index contributed by atoms with van der Waals surface area (Å²) in [5.74, 6) is 0.0306. The van der Waals surface area contributed by atoms with Crippen LogP contribution in [0.5, 0.6) is 0 Å². The molecule has 0 spiro atoms. The third kappa shape index (κ3) is 4.46.